The topological polar surface area (TPSA) is 85.9 Å². The van der Waals surface area contributed by atoms with Gasteiger partial charge in [-0.2, -0.15) is 0 Å². The van der Waals surface area contributed by atoms with Crippen molar-refractivity contribution in [2.45, 2.75) is 10.1 Å². The average Bonchev–Trinajstić information content (AvgIpc) is 2.64. The summed E-state index contributed by atoms with van der Waals surface area (Å²) in [6.07, 6.45) is 0. The summed E-state index contributed by atoms with van der Waals surface area (Å²) in [5, 5.41) is 6.82. The summed E-state index contributed by atoms with van der Waals surface area (Å²) in [4.78, 5) is 12.0. The van der Waals surface area contributed by atoms with E-state index in [0.717, 1.165) is 4.90 Å². The molecule has 3 N–H and O–H groups in total. The zero-order valence-electron chi connectivity index (χ0n) is 9.43. The number of anilines is 1. The van der Waals surface area contributed by atoms with E-state index in [1.54, 1.807) is 20.2 Å². The highest BCUT2D eigenvalue weighted by atomic mass is 32.2. The first-order valence-electron chi connectivity index (χ1n) is 4.85. The van der Waals surface area contributed by atoms with E-state index in [-0.39, 0.29) is 5.69 Å². The number of methoxy groups -OCH3 is 1. The number of benzene rings is 1. The number of H-pyrrole nitrogens is 1. The Labute approximate surface area is 102 Å². The second kappa shape index (κ2) is 4.54. The van der Waals surface area contributed by atoms with Crippen LogP contribution in [-0.2, 0) is 7.05 Å². The molecule has 0 aliphatic rings. The fraction of sp³-hybridized carbons (Fsp3) is 0.200. The Balaban J connectivity index is 2.36. The van der Waals surface area contributed by atoms with E-state index in [2.05, 4.69) is 10.2 Å². The van der Waals surface area contributed by atoms with Crippen LogP contribution >= 0.6 is 11.8 Å². The Morgan fingerprint density at radius 3 is 2.88 bits per heavy atom. The first-order chi connectivity index (χ1) is 8.13. The molecule has 0 bridgehead atoms. The summed E-state index contributed by atoms with van der Waals surface area (Å²) < 4.78 is 6.54. The van der Waals surface area contributed by atoms with Crippen molar-refractivity contribution < 1.29 is 4.74 Å². The molecule has 6 nitrogen and oxygen atoms in total. The minimum Gasteiger partial charge on any atom is -0.495 e. The zero-order valence-corrected chi connectivity index (χ0v) is 10.2. The average molecular weight is 252 g/mol. The number of nitrogens with two attached hydrogens (primary N) is 1. The van der Waals surface area contributed by atoms with E-state index >= 15 is 0 Å². The summed E-state index contributed by atoms with van der Waals surface area (Å²) in [6, 6.07) is 5.47. The van der Waals surface area contributed by atoms with Gasteiger partial charge in [-0.05, 0) is 23.9 Å². The van der Waals surface area contributed by atoms with Crippen molar-refractivity contribution in [1.82, 2.24) is 14.8 Å². The van der Waals surface area contributed by atoms with Gasteiger partial charge in [0.15, 0.2) is 5.16 Å². The molecule has 0 spiro atoms. The molecular formula is C10H12N4O2S. The second-order valence-electron chi connectivity index (χ2n) is 3.34. The molecule has 7 heteroatoms. The maximum atomic E-state index is 11.2. The van der Waals surface area contributed by atoms with Crippen LogP contribution < -0.4 is 16.2 Å². The van der Waals surface area contributed by atoms with Crippen molar-refractivity contribution >= 4 is 17.4 Å². The van der Waals surface area contributed by atoms with Crippen molar-refractivity contribution in [2.24, 2.45) is 7.05 Å². The number of nitrogen functional groups attached to an aromatic ring is 1. The number of para-hydroxylation sites is 1. The van der Waals surface area contributed by atoms with E-state index in [0.29, 0.717) is 16.6 Å². The van der Waals surface area contributed by atoms with Gasteiger partial charge in [0.05, 0.1) is 12.8 Å². The summed E-state index contributed by atoms with van der Waals surface area (Å²) in [5.41, 5.74) is 6.21. The third-order valence-corrected chi connectivity index (χ3v) is 3.41. The van der Waals surface area contributed by atoms with Gasteiger partial charge in [0, 0.05) is 11.9 Å². The van der Waals surface area contributed by atoms with Crippen LogP contribution in [0.25, 0.3) is 0 Å². The molecule has 0 saturated carbocycles. The standard InChI is InChI=1S/C10H12N4O2S/c1-14-9(15)12-13-10(14)17-7-5-3-4-6(16-2)8(7)11/h3-5H,11H2,1-2H3,(H,12,15). The minimum atomic E-state index is -0.256. The lowest BCUT2D eigenvalue weighted by atomic mass is 10.3. The van der Waals surface area contributed by atoms with Crippen LogP contribution in [-0.4, -0.2) is 21.9 Å². The van der Waals surface area contributed by atoms with E-state index < -0.39 is 0 Å². The van der Waals surface area contributed by atoms with E-state index in [1.165, 1.54) is 16.3 Å². The van der Waals surface area contributed by atoms with Gasteiger partial charge in [0.25, 0.3) is 0 Å². The molecule has 0 unspecified atom stereocenters. The highest BCUT2D eigenvalue weighted by Gasteiger charge is 2.11. The highest BCUT2D eigenvalue weighted by Crippen LogP contribution is 2.35. The Bertz CT molecular complexity index is 590. The summed E-state index contributed by atoms with van der Waals surface area (Å²) in [5.74, 6) is 0.607. The lowest BCUT2D eigenvalue weighted by molar-refractivity contribution is 0.416. The van der Waals surface area contributed by atoms with Gasteiger partial charge in [0.1, 0.15) is 5.75 Å². The molecule has 90 valence electrons. The van der Waals surface area contributed by atoms with Gasteiger partial charge in [-0.15, -0.1) is 5.10 Å². The van der Waals surface area contributed by atoms with Crippen LogP contribution in [0.1, 0.15) is 0 Å². The number of hydrogen-bond donors (Lipinski definition) is 2. The molecular weight excluding hydrogens is 240 g/mol. The Morgan fingerprint density at radius 2 is 2.29 bits per heavy atom. The minimum absolute atomic E-state index is 0.256. The summed E-state index contributed by atoms with van der Waals surface area (Å²) in [6.45, 7) is 0. The molecule has 0 atom stereocenters. The maximum Gasteiger partial charge on any atom is 0.343 e. The summed E-state index contributed by atoms with van der Waals surface area (Å²) in [7, 11) is 3.20. The molecule has 0 amide bonds. The Morgan fingerprint density at radius 1 is 1.53 bits per heavy atom. The number of aromatic nitrogens is 3. The molecule has 2 rings (SSSR count). The second-order valence-corrected chi connectivity index (χ2v) is 4.35. The number of aromatic amines is 1. The number of rotatable bonds is 3. The summed E-state index contributed by atoms with van der Waals surface area (Å²) >= 11 is 1.31. The normalized spacial score (nSPS) is 10.5. The molecule has 0 radical (unpaired) electrons. The molecule has 0 saturated heterocycles. The fourth-order valence-corrected chi connectivity index (χ4v) is 2.18. The molecule has 2 aromatic rings. The van der Waals surface area contributed by atoms with Crippen LogP contribution in [0, 0.1) is 0 Å². The van der Waals surface area contributed by atoms with Gasteiger partial charge in [-0.25, -0.2) is 9.89 Å². The first kappa shape index (κ1) is 11.6. The predicted octanol–water partition coefficient (Wildman–Crippen LogP) is 0.850. The molecule has 1 aromatic carbocycles. The molecule has 17 heavy (non-hydrogen) atoms. The maximum absolute atomic E-state index is 11.2. The fourth-order valence-electron chi connectivity index (χ4n) is 1.31. The zero-order chi connectivity index (χ0) is 12.4. The molecule has 1 aromatic heterocycles. The third-order valence-electron chi connectivity index (χ3n) is 2.29. The van der Waals surface area contributed by atoms with E-state index in [4.69, 9.17) is 10.5 Å². The van der Waals surface area contributed by atoms with Crippen LogP contribution in [0.3, 0.4) is 0 Å². The van der Waals surface area contributed by atoms with Gasteiger partial charge >= 0.3 is 5.69 Å². The van der Waals surface area contributed by atoms with Crippen LogP contribution in [0.2, 0.25) is 0 Å². The molecule has 1 heterocycles. The lowest BCUT2D eigenvalue weighted by Crippen LogP contribution is -2.12. The van der Waals surface area contributed by atoms with Gasteiger partial charge < -0.3 is 10.5 Å². The number of ether oxygens (including phenoxy) is 1. The third kappa shape index (κ3) is 2.14. The van der Waals surface area contributed by atoms with Crippen molar-refractivity contribution in [3.8, 4) is 5.75 Å². The Kier molecular flexibility index (Phi) is 3.10. The van der Waals surface area contributed by atoms with Crippen molar-refractivity contribution in [3.63, 3.8) is 0 Å². The van der Waals surface area contributed by atoms with Gasteiger partial charge in [-0.1, -0.05) is 6.07 Å². The van der Waals surface area contributed by atoms with Crippen LogP contribution in [0.15, 0.2) is 33.0 Å². The molecule has 0 fully saturated rings. The smallest absolute Gasteiger partial charge is 0.343 e. The number of hydrogen-bond acceptors (Lipinski definition) is 5. The SMILES string of the molecule is COc1cccc(Sc2n[nH]c(=O)n2C)c1N. The number of nitrogens with zero attached hydrogens (tertiary/aromatic N) is 2. The Hall–Kier alpha value is -1.89. The monoisotopic (exact) mass is 252 g/mol. The number of nitrogens with one attached hydrogen (secondary N) is 1. The van der Waals surface area contributed by atoms with Gasteiger partial charge in [0.2, 0.25) is 0 Å². The van der Waals surface area contributed by atoms with E-state index in [9.17, 15) is 4.79 Å². The van der Waals surface area contributed by atoms with Crippen molar-refractivity contribution in [3.05, 3.63) is 28.7 Å². The predicted molar refractivity (Wildman–Crippen MR) is 65.4 cm³/mol. The molecule has 0 aliphatic carbocycles. The lowest BCUT2D eigenvalue weighted by Gasteiger charge is -2.08. The molecule has 0 aliphatic heterocycles. The highest BCUT2D eigenvalue weighted by molar-refractivity contribution is 7.99. The first-order valence-corrected chi connectivity index (χ1v) is 5.67. The van der Waals surface area contributed by atoms with Crippen molar-refractivity contribution in [2.75, 3.05) is 12.8 Å². The van der Waals surface area contributed by atoms with E-state index in [1.807, 2.05) is 12.1 Å². The van der Waals surface area contributed by atoms with Crippen LogP contribution in [0.5, 0.6) is 5.75 Å². The quantitative estimate of drug-likeness (QED) is 0.791. The van der Waals surface area contributed by atoms with Crippen molar-refractivity contribution in [1.29, 1.82) is 0 Å². The largest absolute Gasteiger partial charge is 0.495 e. The van der Waals surface area contributed by atoms with Crippen LogP contribution in [0.4, 0.5) is 5.69 Å². The van der Waals surface area contributed by atoms with Gasteiger partial charge in [-0.3, -0.25) is 4.57 Å².